The van der Waals surface area contributed by atoms with Gasteiger partial charge in [0.1, 0.15) is 24.1 Å². The molecule has 4 heterocycles. The van der Waals surface area contributed by atoms with Gasteiger partial charge in [0.15, 0.2) is 5.76 Å². The molecule has 0 aromatic carbocycles. The fraction of sp³-hybridized carbons (Fsp3) is 0.480. The molecule has 32 heavy (non-hydrogen) atoms. The molecule has 1 amide bonds. The van der Waals surface area contributed by atoms with Crippen LogP contribution in [-0.4, -0.2) is 47.6 Å². The summed E-state index contributed by atoms with van der Waals surface area (Å²) in [7, 11) is 0. The van der Waals surface area contributed by atoms with Crippen molar-refractivity contribution in [1.29, 1.82) is 5.26 Å². The van der Waals surface area contributed by atoms with Gasteiger partial charge in [0.2, 0.25) is 0 Å². The zero-order valence-corrected chi connectivity index (χ0v) is 18.6. The first-order valence-electron chi connectivity index (χ1n) is 11.5. The number of pyridine rings is 1. The van der Waals surface area contributed by atoms with Gasteiger partial charge in [0, 0.05) is 41.5 Å². The van der Waals surface area contributed by atoms with Crippen LogP contribution in [0.4, 0.5) is 5.82 Å². The van der Waals surface area contributed by atoms with E-state index in [4.69, 9.17) is 14.1 Å². The Hall–Kier alpha value is -3.27. The molecule has 5 rings (SSSR count). The van der Waals surface area contributed by atoms with Crippen LogP contribution in [0.25, 0.3) is 12.3 Å². The van der Waals surface area contributed by atoms with Gasteiger partial charge < -0.3 is 19.0 Å². The van der Waals surface area contributed by atoms with Gasteiger partial charge >= 0.3 is 0 Å². The van der Waals surface area contributed by atoms with E-state index in [0.717, 1.165) is 34.8 Å². The third-order valence-electron chi connectivity index (χ3n) is 6.91. The van der Waals surface area contributed by atoms with E-state index in [9.17, 15) is 10.1 Å². The largest absolute Gasteiger partial charge is 0.496 e. The van der Waals surface area contributed by atoms with Crippen molar-refractivity contribution in [2.45, 2.75) is 57.5 Å². The minimum atomic E-state index is -0.0970. The number of furan rings is 1. The molecule has 3 aliphatic rings. The topological polar surface area (TPSA) is 82.6 Å². The van der Waals surface area contributed by atoms with E-state index in [1.54, 1.807) is 18.4 Å². The minimum Gasteiger partial charge on any atom is -0.496 e. The molecule has 0 radical (unpaired) electrons. The maximum Gasteiger partial charge on any atom is 0.290 e. The molecule has 1 aliphatic carbocycles. The van der Waals surface area contributed by atoms with Crippen molar-refractivity contribution in [3.63, 3.8) is 0 Å². The summed E-state index contributed by atoms with van der Waals surface area (Å²) in [6, 6.07) is 5.76. The highest BCUT2D eigenvalue weighted by Crippen LogP contribution is 2.33. The minimum absolute atomic E-state index is 0.0467. The average molecular weight is 433 g/mol. The molecule has 2 aromatic rings. The Bertz CT molecular complexity index is 1160. The predicted octanol–water partition coefficient (Wildman–Crippen LogP) is 2.49. The number of aromatic nitrogens is 1. The van der Waals surface area contributed by atoms with Gasteiger partial charge in [-0.25, -0.2) is 4.98 Å². The van der Waals surface area contributed by atoms with Crippen LogP contribution in [0.2, 0.25) is 0 Å². The lowest BCUT2D eigenvalue weighted by molar-refractivity contribution is 0.0541. The molecule has 0 N–H and O–H groups in total. The van der Waals surface area contributed by atoms with Crippen molar-refractivity contribution >= 4 is 24.1 Å². The summed E-state index contributed by atoms with van der Waals surface area (Å²) in [5.41, 5.74) is 1.66. The van der Waals surface area contributed by atoms with E-state index in [1.807, 2.05) is 24.8 Å². The van der Waals surface area contributed by atoms with Gasteiger partial charge in [-0.3, -0.25) is 4.79 Å². The Morgan fingerprint density at radius 1 is 1.19 bits per heavy atom. The van der Waals surface area contributed by atoms with E-state index in [0.29, 0.717) is 36.9 Å². The molecule has 2 fully saturated rings. The first-order valence-corrected chi connectivity index (χ1v) is 11.5. The molecular weight excluding hydrogens is 404 g/mol. The van der Waals surface area contributed by atoms with Crippen molar-refractivity contribution in [2.75, 3.05) is 24.6 Å². The quantitative estimate of drug-likeness (QED) is 0.741. The van der Waals surface area contributed by atoms with Crippen molar-refractivity contribution in [3.05, 3.63) is 45.9 Å². The van der Waals surface area contributed by atoms with Crippen LogP contribution in [0.3, 0.4) is 0 Å². The van der Waals surface area contributed by atoms with Crippen LogP contribution in [0.1, 0.15) is 67.3 Å². The smallest absolute Gasteiger partial charge is 0.290 e. The number of nitriles is 1. The Kier molecular flexibility index (Phi) is 5.38. The first kappa shape index (κ1) is 20.6. The highest BCUT2D eigenvalue weighted by molar-refractivity contribution is 5.92. The standard InChI is InChI=1S/C25H28N4O3/c1-16-13-28(14-17(2)29(16)25(30)22-8-5-10-32-22)24-20(12-26)19-9-11-31-15-21(19)23(27-24)18-6-3-4-7-18/h5,8-10,15-18H,3-4,6-7,11,13-14H2,1-2H3/t16-,17+. The van der Waals surface area contributed by atoms with Crippen LogP contribution >= 0.6 is 0 Å². The fourth-order valence-electron chi connectivity index (χ4n) is 5.50. The lowest BCUT2D eigenvalue weighted by Gasteiger charge is -2.44. The zero-order chi connectivity index (χ0) is 22.2. The van der Waals surface area contributed by atoms with Gasteiger partial charge in [-0.1, -0.05) is 12.8 Å². The van der Waals surface area contributed by atoms with Crippen LogP contribution in [0.5, 0.6) is 0 Å². The molecule has 2 aromatic heterocycles. The summed E-state index contributed by atoms with van der Waals surface area (Å²) >= 11 is 0. The molecule has 0 spiro atoms. The Labute approximate surface area is 187 Å². The summed E-state index contributed by atoms with van der Waals surface area (Å²) in [4.78, 5) is 22.2. The first-order chi connectivity index (χ1) is 15.6. The van der Waals surface area contributed by atoms with Gasteiger partial charge in [0.05, 0.1) is 18.2 Å². The summed E-state index contributed by atoms with van der Waals surface area (Å²) in [5, 5.41) is 12.0. The fourth-order valence-corrected chi connectivity index (χ4v) is 5.50. The summed E-state index contributed by atoms with van der Waals surface area (Å²) in [5.74, 6) is 1.40. The second kappa shape index (κ2) is 8.34. The monoisotopic (exact) mass is 432 g/mol. The van der Waals surface area contributed by atoms with E-state index in [1.165, 1.54) is 19.1 Å². The molecule has 0 bridgehead atoms. The molecule has 166 valence electrons. The second-order valence-corrected chi connectivity index (χ2v) is 9.06. The van der Waals surface area contributed by atoms with Gasteiger partial charge in [-0.15, -0.1) is 0 Å². The molecule has 2 atom stereocenters. The zero-order valence-electron chi connectivity index (χ0n) is 18.6. The SMILES string of the molecule is C[C@@H]1CN(c2nc(C3CCCC3)c3c(c2C#N)=CCOC=3)C[C@H](C)N1C(=O)c1ccco1. The highest BCUT2D eigenvalue weighted by Gasteiger charge is 2.36. The van der Waals surface area contributed by atoms with Crippen LogP contribution in [-0.2, 0) is 4.74 Å². The van der Waals surface area contributed by atoms with Gasteiger partial charge in [-0.2, -0.15) is 5.26 Å². The van der Waals surface area contributed by atoms with Crippen LogP contribution < -0.4 is 15.3 Å². The Morgan fingerprint density at radius 3 is 2.59 bits per heavy atom. The third-order valence-corrected chi connectivity index (χ3v) is 6.91. The number of anilines is 1. The number of carbonyl (C=O) groups excluding carboxylic acids is 1. The number of ether oxygens (including phenoxy) is 1. The van der Waals surface area contributed by atoms with Gasteiger partial charge in [0.25, 0.3) is 5.91 Å². The second-order valence-electron chi connectivity index (χ2n) is 9.06. The molecule has 2 aliphatic heterocycles. The number of carbonyl (C=O) groups is 1. The lowest BCUT2D eigenvalue weighted by Crippen LogP contribution is -2.59. The number of nitrogens with zero attached hydrogens (tertiary/aromatic N) is 4. The molecular formula is C25H28N4O3. The number of rotatable bonds is 3. The van der Waals surface area contributed by atoms with E-state index in [-0.39, 0.29) is 18.0 Å². The molecule has 7 heteroatoms. The number of fused-ring (bicyclic) bond motifs is 1. The summed E-state index contributed by atoms with van der Waals surface area (Å²) < 4.78 is 10.9. The van der Waals surface area contributed by atoms with Gasteiger partial charge in [-0.05, 0) is 44.9 Å². The maximum absolute atomic E-state index is 13.0. The maximum atomic E-state index is 13.0. The molecule has 0 unspecified atom stereocenters. The number of hydrogen-bond donors (Lipinski definition) is 0. The normalized spacial score (nSPS) is 23.0. The number of amides is 1. The van der Waals surface area contributed by atoms with Crippen LogP contribution in [0.15, 0.2) is 22.8 Å². The van der Waals surface area contributed by atoms with Crippen molar-refractivity contribution in [3.8, 4) is 6.07 Å². The van der Waals surface area contributed by atoms with E-state index >= 15 is 0 Å². The molecule has 1 saturated heterocycles. The molecule has 7 nitrogen and oxygen atoms in total. The van der Waals surface area contributed by atoms with Crippen molar-refractivity contribution in [2.24, 2.45) is 0 Å². The number of piperazine rings is 1. The summed E-state index contributed by atoms with van der Waals surface area (Å²) in [6.07, 6.45) is 9.97. The predicted molar refractivity (Wildman–Crippen MR) is 120 cm³/mol. The van der Waals surface area contributed by atoms with E-state index < -0.39 is 0 Å². The number of hydrogen-bond acceptors (Lipinski definition) is 6. The Morgan fingerprint density at radius 2 is 1.94 bits per heavy atom. The van der Waals surface area contributed by atoms with E-state index in [2.05, 4.69) is 11.0 Å². The average Bonchev–Trinajstić information content (AvgIpc) is 3.52. The lowest BCUT2D eigenvalue weighted by atomic mass is 9.97. The Balaban J connectivity index is 1.53. The highest BCUT2D eigenvalue weighted by atomic mass is 16.5. The van der Waals surface area contributed by atoms with Crippen LogP contribution in [0, 0.1) is 11.3 Å². The van der Waals surface area contributed by atoms with Crippen molar-refractivity contribution in [1.82, 2.24) is 9.88 Å². The molecule has 1 saturated carbocycles. The third kappa shape index (κ3) is 3.44. The van der Waals surface area contributed by atoms with Crippen molar-refractivity contribution < 1.29 is 13.9 Å². The summed E-state index contributed by atoms with van der Waals surface area (Å²) in [6.45, 7) is 5.77.